The SMILES string of the molecule is CN1CCC(c2cn(C)c3nc(Nc4ccc(N5CCOCC5)cc4)ccc23)CC1. The Labute approximate surface area is 178 Å². The minimum Gasteiger partial charge on any atom is -0.378 e. The predicted octanol–water partition coefficient (Wildman–Crippen LogP) is 3.96. The molecule has 6 heteroatoms. The summed E-state index contributed by atoms with van der Waals surface area (Å²) in [7, 11) is 4.32. The highest BCUT2D eigenvalue weighted by molar-refractivity contribution is 5.83. The van der Waals surface area contributed by atoms with E-state index < -0.39 is 0 Å². The van der Waals surface area contributed by atoms with Crippen molar-refractivity contribution in [2.75, 3.05) is 56.7 Å². The topological polar surface area (TPSA) is 45.6 Å². The first-order valence-corrected chi connectivity index (χ1v) is 11.0. The van der Waals surface area contributed by atoms with E-state index in [2.05, 4.69) is 76.4 Å². The summed E-state index contributed by atoms with van der Waals surface area (Å²) in [5.74, 6) is 1.52. The van der Waals surface area contributed by atoms with Crippen LogP contribution >= 0.6 is 0 Å². The lowest BCUT2D eigenvalue weighted by molar-refractivity contribution is 0.122. The molecule has 1 N–H and O–H groups in total. The average Bonchev–Trinajstić information content (AvgIpc) is 3.11. The van der Waals surface area contributed by atoms with Crippen molar-refractivity contribution in [3.63, 3.8) is 0 Å². The van der Waals surface area contributed by atoms with E-state index in [0.29, 0.717) is 5.92 Å². The number of fused-ring (bicyclic) bond motifs is 1. The van der Waals surface area contributed by atoms with E-state index in [1.54, 1.807) is 0 Å². The molecule has 0 atom stereocenters. The number of likely N-dealkylation sites (tertiary alicyclic amines) is 1. The van der Waals surface area contributed by atoms with Crippen LogP contribution in [0.25, 0.3) is 11.0 Å². The highest BCUT2D eigenvalue weighted by Crippen LogP contribution is 2.34. The van der Waals surface area contributed by atoms with Gasteiger partial charge in [-0.05, 0) is 80.9 Å². The molecule has 0 saturated carbocycles. The smallest absolute Gasteiger partial charge is 0.142 e. The summed E-state index contributed by atoms with van der Waals surface area (Å²) in [4.78, 5) is 9.72. The number of hydrogen-bond donors (Lipinski definition) is 1. The fourth-order valence-electron chi connectivity index (χ4n) is 4.72. The van der Waals surface area contributed by atoms with Crippen molar-refractivity contribution in [3.05, 3.63) is 48.2 Å². The second-order valence-corrected chi connectivity index (χ2v) is 8.61. The summed E-state index contributed by atoms with van der Waals surface area (Å²) >= 11 is 0. The van der Waals surface area contributed by atoms with Crippen LogP contribution in [0, 0.1) is 0 Å². The van der Waals surface area contributed by atoms with E-state index in [9.17, 15) is 0 Å². The number of nitrogens with one attached hydrogen (secondary N) is 1. The molecule has 3 aromatic rings. The van der Waals surface area contributed by atoms with Crippen LogP contribution in [0.5, 0.6) is 0 Å². The molecule has 6 nitrogen and oxygen atoms in total. The molecule has 0 spiro atoms. The fraction of sp³-hybridized carbons (Fsp3) is 0.458. The standard InChI is InChI=1S/C24H31N5O/c1-27-11-9-18(10-12-27)22-17-28(2)24-21(22)7-8-23(26-24)25-19-3-5-20(6-4-19)29-13-15-30-16-14-29/h3-8,17-18H,9-16H2,1-2H3,(H,25,26). The maximum atomic E-state index is 5.45. The van der Waals surface area contributed by atoms with Crippen LogP contribution in [0.1, 0.15) is 24.3 Å². The van der Waals surface area contributed by atoms with Crippen LogP contribution in [0.15, 0.2) is 42.6 Å². The molecule has 5 rings (SSSR count). The average molecular weight is 406 g/mol. The van der Waals surface area contributed by atoms with Gasteiger partial charge in [0.05, 0.1) is 13.2 Å². The molecule has 2 saturated heterocycles. The first-order valence-electron chi connectivity index (χ1n) is 11.0. The van der Waals surface area contributed by atoms with Crippen LogP contribution in [0.2, 0.25) is 0 Å². The highest BCUT2D eigenvalue weighted by atomic mass is 16.5. The zero-order valence-corrected chi connectivity index (χ0v) is 18.0. The number of morpholine rings is 1. The van der Waals surface area contributed by atoms with E-state index in [0.717, 1.165) is 43.5 Å². The third kappa shape index (κ3) is 3.89. The number of nitrogens with zero attached hydrogens (tertiary/aromatic N) is 4. The summed E-state index contributed by atoms with van der Waals surface area (Å²) in [5, 5.41) is 4.77. The van der Waals surface area contributed by atoms with Crippen LogP contribution in [0.3, 0.4) is 0 Å². The van der Waals surface area contributed by atoms with Crippen molar-refractivity contribution in [1.29, 1.82) is 0 Å². The molecule has 2 aliphatic heterocycles. The van der Waals surface area contributed by atoms with Crippen LogP contribution in [-0.4, -0.2) is 60.9 Å². The number of piperidine rings is 1. The summed E-state index contributed by atoms with van der Waals surface area (Å²) in [6.07, 6.45) is 4.74. The Balaban J connectivity index is 1.33. The van der Waals surface area contributed by atoms with E-state index >= 15 is 0 Å². The summed E-state index contributed by atoms with van der Waals surface area (Å²) in [5.41, 5.74) is 4.81. The van der Waals surface area contributed by atoms with Gasteiger partial charge in [0.15, 0.2) is 0 Å². The lowest BCUT2D eigenvalue weighted by Gasteiger charge is -2.29. The van der Waals surface area contributed by atoms with Gasteiger partial charge in [-0.3, -0.25) is 0 Å². The molecule has 0 unspecified atom stereocenters. The maximum Gasteiger partial charge on any atom is 0.142 e. The molecule has 30 heavy (non-hydrogen) atoms. The number of anilines is 3. The molecule has 2 fully saturated rings. The number of aryl methyl sites for hydroxylation is 1. The molecular formula is C24H31N5O. The van der Waals surface area contributed by atoms with Crippen molar-refractivity contribution >= 4 is 28.2 Å². The van der Waals surface area contributed by atoms with E-state index in [1.165, 1.54) is 42.6 Å². The van der Waals surface area contributed by atoms with Gasteiger partial charge in [0.2, 0.25) is 0 Å². The highest BCUT2D eigenvalue weighted by Gasteiger charge is 2.22. The molecule has 0 aliphatic carbocycles. The lowest BCUT2D eigenvalue weighted by Crippen LogP contribution is -2.36. The Morgan fingerprint density at radius 1 is 0.933 bits per heavy atom. The van der Waals surface area contributed by atoms with Gasteiger partial charge in [-0.1, -0.05) is 0 Å². The molecule has 4 heterocycles. The van der Waals surface area contributed by atoms with Crippen molar-refractivity contribution in [2.45, 2.75) is 18.8 Å². The zero-order valence-electron chi connectivity index (χ0n) is 18.0. The molecule has 1 aromatic carbocycles. The van der Waals surface area contributed by atoms with Gasteiger partial charge in [0.1, 0.15) is 11.5 Å². The van der Waals surface area contributed by atoms with Gasteiger partial charge in [0, 0.05) is 43.1 Å². The number of benzene rings is 1. The molecule has 0 amide bonds. The maximum absolute atomic E-state index is 5.45. The van der Waals surface area contributed by atoms with Crippen molar-refractivity contribution in [2.24, 2.45) is 7.05 Å². The van der Waals surface area contributed by atoms with Crippen molar-refractivity contribution in [3.8, 4) is 0 Å². The van der Waals surface area contributed by atoms with Crippen molar-refractivity contribution < 1.29 is 4.74 Å². The second-order valence-electron chi connectivity index (χ2n) is 8.61. The molecule has 0 bridgehead atoms. The predicted molar refractivity (Wildman–Crippen MR) is 123 cm³/mol. The van der Waals surface area contributed by atoms with Crippen LogP contribution in [-0.2, 0) is 11.8 Å². The summed E-state index contributed by atoms with van der Waals surface area (Å²) < 4.78 is 7.62. The Morgan fingerprint density at radius 2 is 1.67 bits per heavy atom. The third-order valence-electron chi connectivity index (χ3n) is 6.53. The molecule has 0 radical (unpaired) electrons. The van der Waals surface area contributed by atoms with Crippen LogP contribution < -0.4 is 10.2 Å². The lowest BCUT2D eigenvalue weighted by atomic mass is 9.90. The minimum absolute atomic E-state index is 0.637. The molecule has 2 aromatic heterocycles. The minimum atomic E-state index is 0.637. The molecular weight excluding hydrogens is 374 g/mol. The summed E-state index contributed by atoms with van der Waals surface area (Å²) in [6.45, 7) is 5.87. The van der Waals surface area contributed by atoms with E-state index in [-0.39, 0.29) is 0 Å². The fourth-order valence-corrected chi connectivity index (χ4v) is 4.72. The van der Waals surface area contributed by atoms with Gasteiger partial charge in [-0.25, -0.2) is 4.98 Å². The van der Waals surface area contributed by atoms with Crippen LogP contribution in [0.4, 0.5) is 17.2 Å². The first kappa shape index (κ1) is 19.4. The number of rotatable bonds is 4. The number of ether oxygens (including phenoxy) is 1. The number of pyridine rings is 1. The monoisotopic (exact) mass is 405 g/mol. The summed E-state index contributed by atoms with van der Waals surface area (Å²) in [6, 6.07) is 13.0. The van der Waals surface area contributed by atoms with Gasteiger partial charge < -0.3 is 24.4 Å². The van der Waals surface area contributed by atoms with Crippen molar-refractivity contribution in [1.82, 2.24) is 14.5 Å². The Hall–Kier alpha value is -2.57. The Bertz CT molecular complexity index is 998. The van der Waals surface area contributed by atoms with Gasteiger partial charge in [-0.15, -0.1) is 0 Å². The van der Waals surface area contributed by atoms with Gasteiger partial charge in [-0.2, -0.15) is 0 Å². The molecule has 2 aliphatic rings. The Morgan fingerprint density at radius 3 is 2.40 bits per heavy atom. The Kier molecular flexibility index (Phi) is 5.35. The van der Waals surface area contributed by atoms with Gasteiger partial charge >= 0.3 is 0 Å². The normalized spacial score (nSPS) is 18.8. The third-order valence-corrected chi connectivity index (χ3v) is 6.53. The van der Waals surface area contributed by atoms with E-state index in [4.69, 9.17) is 9.72 Å². The number of aromatic nitrogens is 2. The number of hydrogen-bond acceptors (Lipinski definition) is 5. The van der Waals surface area contributed by atoms with Gasteiger partial charge in [0.25, 0.3) is 0 Å². The van der Waals surface area contributed by atoms with E-state index in [1.807, 2.05) is 0 Å². The molecule has 158 valence electrons. The largest absolute Gasteiger partial charge is 0.378 e. The zero-order chi connectivity index (χ0) is 20.5. The quantitative estimate of drug-likeness (QED) is 0.712. The first-order chi connectivity index (χ1) is 14.7. The second kappa shape index (κ2) is 8.28.